The van der Waals surface area contributed by atoms with Gasteiger partial charge in [-0.25, -0.2) is 0 Å². The van der Waals surface area contributed by atoms with Crippen molar-refractivity contribution >= 4 is 20.1 Å². The van der Waals surface area contributed by atoms with Crippen molar-refractivity contribution in [2.45, 2.75) is 19.5 Å². The first-order valence-electron chi connectivity index (χ1n) is 4.86. The van der Waals surface area contributed by atoms with Crippen molar-refractivity contribution < 1.29 is 9.31 Å². The normalized spacial score (nSPS) is 11.3. The number of nitro benzene ring substituents is 1. The van der Waals surface area contributed by atoms with Gasteiger partial charge in [0, 0.05) is 7.05 Å². The Morgan fingerprint density at radius 3 is 2.62 bits per heavy atom. The van der Waals surface area contributed by atoms with E-state index in [1.54, 1.807) is 17.8 Å². The maximum atomic E-state index is 13.3. The fourth-order valence-electron chi connectivity index (χ4n) is 1.41. The molecule has 1 rings (SSSR count). The van der Waals surface area contributed by atoms with Crippen LogP contribution >= 0.6 is 8.73 Å². The summed E-state index contributed by atoms with van der Waals surface area (Å²) >= 11 is 0. The molecule has 88 valence electrons. The van der Waals surface area contributed by atoms with Gasteiger partial charge < -0.3 is 4.67 Å². The second kappa shape index (κ2) is 5.21. The first kappa shape index (κ1) is 12.8. The minimum absolute atomic E-state index is 0.331. The van der Waals surface area contributed by atoms with Crippen LogP contribution < -0.4 is 4.67 Å². The molecule has 4 nitrogen and oxygen atoms in total. The van der Waals surface area contributed by atoms with E-state index in [1.165, 1.54) is 6.07 Å². The quantitative estimate of drug-likeness (QED) is 0.464. The SMILES string of the molecule is CC(C)PN(C)c1cccc(F)c1[N+](=O)[O-]. The van der Waals surface area contributed by atoms with E-state index in [4.69, 9.17) is 0 Å². The maximum Gasteiger partial charge on any atom is 0.328 e. The standard InChI is InChI=1S/C10H14FN2O2P/c1-7(2)16-12(3)9-6-4-5-8(11)10(9)13(14)15/h4-7,16H,1-3H3. The van der Waals surface area contributed by atoms with Crippen LogP contribution in [0.3, 0.4) is 0 Å². The van der Waals surface area contributed by atoms with Crippen molar-refractivity contribution in [2.75, 3.05) is 11.7 Å². The van der Waals surface area contributed by atoms with Gasteiger partial charge in [0.2, 0.25) is 5.82 Å². The van der Waals surface area contributed by atoms with Crippen molar-refractivity contribution in [3.8, 4) is 0 Å². The van der Waals surface area contributed by atoms with E-state index in [2.05, 4.69) is 0 Å². The molecule has 0 saturated carbocycles. The Kier molecular flexibility index (Phi) is 4.19. The van der Waals surface area contributed by atoms with Gasteiger partial charge in [-0.2, -0.15) is 4.39 Å². The van der Waals surface area contributed by atoms with Gasteiger partial charge in [-0.1, -0.05) is 19.9 Å². The Morgan fingerprint density at radius 1 is 1.50 bits per heavy atom. The van der Waals surface area contributed by atoms with E-state index in [0.29, 0.717) is 20.1 Å². The number of nitro groups is 1. The fourth-order valence-corrected chi connectivity index (χ4v) is 2.51. The lowest BCUT2D eigenvalue weighted by Crippen LogP contribution is -2.10. The predicted molar refractivity (Wildman–Crippen MR) is 64.9 cm³/mol. The molecule has 0 aliphatic carbocycles. The van der Waals surface area contributed by atoms with Crippen LogP contribution in [0.1, 0.15) is 13.8 Å². The van der Waals surface area contributed by atoms with E-state index < -0.39 is 16.4 Å². The van der Waals surface area contributed by atoms with Gasteiger partial charge in [0.05, 0.1) is 4.92 Å². The van der Waals surface area contributed by atoms with Crippen LogP contribution in [0.5, 0.6) is 0 Å². The third-order valence-corrected chi connectivity index (χ3v) is 3.11. The molecular weight excluding hydrogens is 230 g/mol. The second-order valence-electron chi connectivity index (χ2n) is 3.71. The molecule has 16 heavy (non-hydrogen) atoms. The van der Waals surface area contributed by atoms with Gasteiger partial charge in [-0.15, -0.1) is 0 Å². The smallest absolute Gasteiger partial charge is 0.328 e. The topological polar surface area (TPSA) is 46.4 Å². The molecule has 0 aromatic heterocycles. The van der Waals surface area contributed by atoms with E-state index in [1.807, 2.05) is 13.8 Å². The average molecular weight is 244 g/mol. The minimum atomic E-state index is -0.789. The summed E-state index contributed by atoms with van der Waals surface area (Å²) in [5, 5.41) is 10.8. The molecule has 1 atom stereocenters. The van der Waals surface area contributed by atoms with E-state index >= 15 is 0 Å². The van der Waals surface area contributed by atoms with Crippen molar-refractivity contribution in [3.63, 3.8) is 0 Å². The second-order valence-corrected chi connectivity index (χ2v) is 5.79. The molecule has 0 aliphatic heterocycles. The van der Waals surface area contributed by atoms with Crippen LogP contribution in [-0.4, -0.2) is 17.6 Å². The number of benzene rings is 1. The molecule has 0 amide bonds. The lowest BCUT2D eigenvalue weighted by molar-refractivity contribution is -0.386. The Bertz CT molecular complexity index is 398. The molecule has 6 heteroatoms. The monoisotopic (exact) mass is 244 g/mol. The highest BCUT2D eigenvalue weighted by Gasteiger charge is 2.22. The van der Waals surface area contributed by atoms with Gasteiger partial charge >= 0.3 is 5.69 Å². The Labute approximate surface area is 95.4 Å². The number of hydrogen-bond donors (Lipinski definition) is 0. The molecule has 0 saturated heterocycles. The van der Waals surface area contributed by atoms with Gasteiger partial charge in [-0.05, 0) is 26.5 Å². The van der Waals surface area contributed by atoms with Gasteiger partial charge in [0.15, 0.2) is 0 Å². The largest absolute Gasteiger partial charge is 0.350 e. The number of nitrogens with zero attached hydrogens (tertiary/aromatic N) is 2. The van der Waals surface area contributed by atoms with E-state index in [0.717, 1.165) is 6.07 Å². The van der Waals surface area contributed by atoms with Crippen molar-refractivity contribution in [3.05, 3.63) is 34.1 Å². The molecular formula is C10H14FN2O2P. The summed E-state index contributed by atoms with van der Waals surface area (Å²) in [5.74, 6) is -0.789. The number of halogens is 1. The van der Waals surface area contributed by atoms with Gasteiger partial charge in [0.1, 0.15) is 5.69 Å². The van der Waals surface area contributed by atoms with Crippen molar-refractivity contribution in [1.29, 1.82) is 0 Å². The Balaban J connectivity index is 3.12. The lowest BCUT2D eigenvalue weighted by atomic mass is 10.2. The summed E-state index contributed by atoms with van der Waals surface area (Å²) in [5.41, 5.74) is 0.267. The summed E-state index contributed by atoms with van der Waals surface area (Å²) in [6, 6.07) is 4.16. The summed E-state index contributed by atoms with van der Waals surface area (Å²) in [6.45, 7) is 4.03. The molecule has 0 heterocycles. The highest BCUT2D eigenvalue weighted by molar-refractivity contribution is 7.40. The van der Waals surface area contributed by atoms with E-state index in [9.17, 15) is 14.5 Å². The zero-order valence-corrected chi connectivity index (χ0v) is 10.4. The number of hydrogen-bond acceptors (Lipinski definition) is 3. The molecule has 0 spiro atoms. The van der Waals surface area contributed by atoms with Crippen molar-refractivity contribution in [1.82, 2.24) is 0 Å². The average Bonchev–Trinajstić information content (AvgIpc) is 2.15. The molecule has 0 radical (unpaired) electrons. The first-order chi connectivity index (χ1) is 7.43. The first-order valence-corrected chi connectivity index (χ1v) is 5.88. The molecule has 0 bridgehead atoms. The zero-order valence-electron chi connectivity index (χ0n) is 9.40. The fraction of sp³-hybridized carbons (Fsp3) is 0.400. The minimum Gasteiger partial charge on any atom is -0.350 e. The lowest BCUT2D eigenvalue weighted by Gasteiger charge is -2.20. The zero-order chi connectivity index (χ0) is 12.3. The third-order valence-electron chi connectivity index (χ3n) is 1.96. The maximum absolute atomic E-state index is 13.3. The highest BCUT2D eigenvalue weighted by atomic mass is 31.1. The molecule has 1 aromatic carbocycles. The third kappa shape index (κ3) is 2.89. The summed E-state index contributed by atoms with van der Waals surface area (Å²) in [6.07, 6.45) is 0. The van der Waals surface area contributed by atoms with E-state index in [-0.39, 0.29) is 0 Å². The van der Waals surface area contributed by atoms with Crippen LogP contribution in [0.15, 0.2) is 18.2 Å². The molecule has 0 fully saturated rings. The number of para-hydroxylation sites is 1. The van der Waals surface area contributed by atoms with Crippen molar-refractivity contribution in [2.24, 2.45) is 0 Å². The predicted octanol–water partition coefficient (Wildman–Crippen LogP) is 3.17. The molecule has 1 unspecified atom stereocenters. The highest BCUT2D eigenvalue weighted by Crippen LogP contribution is 2.36. The molecule has 0 aliphatic rings. The van der Waals surface area contributed by atoms with Gasteiger partial charge in [-0.3, -0.25) is 10.1 Å². The molecule has 0 N–H and O–H groups in total. The number of rotatable bonds is 4. The Hall–Kier alpha value is -1.22. The number of anilines is 1. The van der Waals surface area contributed by atoms with Gasteiger partial charge in [0.25, 0.3) is 0 Å². The summed E-state index contributed by atoms with van der Waals surface area (Å²) in [4.78, 5) is 10.1. The Morgan fingerprint density at radius 2 is 2.12 bits per heavy atom. The van der Waals surface area contributed by atoms with Crippen LogP contribution in [0.25, 0.3) is 0 Å². The molecule has 1 aromatic rings. The summed E-state index contributed by atoms with van der Waals surface area (Å²) < 4.78 is 15.1. The van der Waals surface area contributed by atoms with Crippen LogP contribution in [0, 0.1) is 15.9 Å². The van der Waals surface area contributed by atoms with Crippen LogP contribution in [0.2, 0.25) is 0 Å². The van der Waals surface area contributed by atoms with Crippen LogP contribution in [0.4, 0.5) is 15.8 Å². The van der Waals surface area contributed by atoms with Crippen LogP contribution in [-0.2, 0) is 0 Å². The summed E-state index contributed by atoms with van der Waals surface area (Å²) in [7, 11) is 2.12.